The van der Waals surface area contributed by atoms with E-state index in [2.05, 4.69) is 15.3 Å². The molecule has 0 aliphatic rings. The van der Waals surface area contributed by atoms with E-state index in [0.29, 0.717) is 32.0 Å². The summed E-state index contributed by atoms with van der Waals surface area (Å²) in [6.45, 7) is 3.18. The van der Waals surface area contributed by atoms with Gasteiger partial charge >= 0.3 is 5.97 Å². The van der Waals surface area contributed by atoms with Crippen LogP contribution in [-0.2, 0) is 9.53 Å². The maximum absolute atomic E-state index is 12.3. The SMILES string of the molecule is Cc1ccc(NC(=O)COC(=O)c2sc(-c3ccccn3)nc2C)cc1Cl. The molecule has 0 aliphatic carbocycles. The molecule has 0 aliphatic heterocycles. The van der Waals surface area contributed by atoms with Crippen molar-refractivity contribution in [2.45, 2.75) is 13.8 Å². The molecule has 2 aromatic heterocycles. The molecule has 0 fully saturated rings. The number of amides is 1. The number of anilines is 1. The van der Waals surface area contributed by atoms with E-state index in [1.165, 1.54) is 11.3 Å². The molecule has 3 rings (SSSR count). The lowest BCUT2D eigenvalue weighted by atomic mass is 10.2. The molecule has 27 heavy (non-hydrogen) atoms. The third kappa shape index (κ3) is 4.69. The summed E-state index contributed by atoms with van der Waals surface area (Å²) in [6.07, 6.45) is 1.66. The van der Waals surface area contributed by atoms with Gasteiger partial charge < -0.3 is 10.1 Å². The third-order valence-electron chi connectivity index (χ3n) is 3.66. The zero-order chi connectivity index (χ0) is 19.4. The molecule has 0 spiro atoms. The second-order valence-corrected chi connectivity index (χ2v) is 7.14. The normalized spacial score (nSPS) is 10.5. The van der Waals surface area contributed by atoms with Gasteiger partial charge in [0.2, 0.25) is 0 Å². The standard InChI is InChI=1S/C19H16ClN3O3S/c1-11-6-7-13(9-14(11)20)23-16(24)10-26-19(25)17-12(2)22-18(27-17)15-5-3-4-8-21-15/h3-9H,10H2,1-2H3,(H,23,24). The molecule has 0 saturated carbocycles. The van der Waals surface area contributed by atoms with Gasteiger partial charge in [0.15, 0.2) is 6.61 Å². The summed E-state index contributed by atoms with van der Waals surface area (Å²) in [5.41, 5.74) is 2.67. The number of nitrogens with zero attached hydrogens (tertiary/aromatic N) is 2. The Kier molecular flexibility index (Phi) is 5.83. The Hall–Kier alpha value is -2.77. The number of ether oxygens (including phenoxy) is 1. The van der Waals surface area contributed by atoms with E-state index in [0.717, 1.165) is 5.56 Å². The minimum atomic E-state index is -0.593. The molecule has 6 nitrogen and oxygen atoms in total. The number of carbonyl (C=O) groups is 2. The molecule has 2 heterocycles. The second kappa shape index (κ2) is 8.28. The first-order valence-electron chi connectivity index (χ1n) is 8.06. The Morgan fingerprint density at radius 1 is 1.22 bits per heavy atom. The lowest BCUT2D eigenvalue weighted by Crippen LogP contribution is -2.20. The maximum Gasteiger partial charge on any atom is 0.350 e. The van der Waals surface area contributed by atoms with Crippen LogP contribution in [0.5, 0.6) is 0 Å². The van der Waals surface area contributed by atoms with E-state index in [4.69, 9.17) is 16.3 Å². The zero-order valence-corrected chi connectivity index (χ0v) is 16.2. The van der Waals surface area contributed by atoms with Gasteiger partial charge in [-0.15, -0.1) is 11.3 Å². The van der Waals surface area contributed by atoms with Crippen molar-refractivity contribution in [1.82, 2.24) is 9.97 Å². The number of pyridine rings is 1. The molecule has 0 bridgehead atoms. The molecule has 0 saturated heterocycles. The summed E-state index contributed by atoms with van der Waals surface area (Å²) in [5, 5.41) is 3.81. The zero-order valence-electron chi connectivity index (χ0n) is 14.7. The van der Waals surface area contributed by atoms with Crippen molar-refractivity contribution in [1.29, 1.82) is 0 Å². The van der Waals surface area contributed by atoms with Crippen molar-refractivity contribution in [2.24, 2.45) is 0 Å². The maximum atomic E-state index is 12.3. The van der Waals surface area contributed by atoms with Crippen molar-refractivity contribution >= 4 is 40.5 Å². The van der Waals surface area contributed by atoms with Crippen LogP contribution in [0, 0.1) is 13.8 Å². The average molecular weight is 402 g/mol. The predicted octanol–water partition coefficient (Wildman–Crippen LogP) is 4.27. The highest BCUT2D eigenvalue weighted by atomic mass is 35.5. The van der Waals surface area contributed by atoms with Gasteiger partial charge in [-0.1, -0.05) is 23.7 Å². The number of benzene rings is 1. The van der Waals surface area contributed by atoms with Crippen LogP contribution in [-0.4, -0.2) is 28.5 Å². The van der Waals surface area contributed by atoms with Crippen LogP contribution in [0.4, 0.5) is 5.69 Å². The highest BCUT2D eigenvalue weighted by Crippen LogP contribution is 2.27. The Morgan fingerprint density at radius 3 is 2.74 bits per heavy atom. The van der Waals surface area contributed by atoms with Crippen molar-refractivity contribution in [3.05, 3.63) is 63.8 Å². The van der Waals surface area contributed by atoms with Gasteiger partial charge in [0.1, 0.15) is 9.88 Å². The lowest BCUT2D eigenvalue weighted by Gasteiger charge is -2.07. The molecule has 8 heteroatoms. The molecule has 0 unspecified atom stereocenters. The highest BCUT2D eigenvalue weighted by Gasteiger charge is 2.19. The Labute approximate surface area is 165 Å². The summed E-state index contributed by atoms with van der Waals surface area (Å²) in [4.78, 5) is 33.2. The number of esters is 1. The van der Waals surface area contributed by atoms with Crippen molar-refractivity contribution in [3.8, 4) is 10.7 Å². The molecule has 0 atom stereocenters. The Bertz CT molecular complexity index is 989. The molecule has 1 N–H and O–H groups in total. The number of carbonyl (C=O) groups excluding carboxylic acids is 2. The molecule has 3 aromatic rings. The molecule has 138 valence electrons. The first-order chi connectivity index (χ1) is 12.9. The van der Waals surface area contributed by atoms with Crippen LogP contribution < -0.4 is 5.32 Å². The summed E-state index contributed by atoms with van der Waals surface area (Å²) in [5.74, 6) is -1.04. The van der Waals surface area contributed by atoms with Crippen LogP contribution >= 0.6 is 22.9 Å². The highest BCUT2D eigenvalue weighted by molar-refractivity contribution is 7.17. The van der Waals surface area contributed by atoms with Gasteiger partial charge in [0, 0.05) is 16.9 Å². The summed E-state index contributed by atoms with van der Waals surface area (Å²) < 4.78 is 5.11. The quantitative estimate of drug-likeness (QED) is 0.645. The van der Waals surface area contributed by atoms with Crippen LogP contribution in [0.2, 0.25) is 5.02 Å². The number of halogens is 1. The predicted molar refractivity (Wildman–Crippen MR) is 105 cm³/mol. The number of aromatic nitrogens is 2. The summed E-state index contributed by atoms with van der Waals surface area (Å²) in [7, 11) is 0. The summed E-state index contributed by atoms with van der Waals surface area (Å²) >= 11 is 7.21. The van der Waals surface area contributed by atoms with Crippen molar-refractivity contribution in [3.63, 3.8) is 0 Å². The number of rotatable bonds is 5. The van der Waals surface area contributed by atoms with E-state index >= 15 is 0 Å². The Morgan fingerprint density at radius 2 is 2.04 bits per heavy atom. The van der Waals surface area contributed by atoms with Gasteiger partial charge in [-0.05, 0) is 43.7 Å². The number of hydrogen-bond donors (Lipinski definition) is 1. The van der Waals surface area contributed by atoms with Crippen LogP contribution in [0.25, 0.3) is 10.7 Å². The fourth-order valence-electron chi connectivity index (χ4n) is 2.25. The largest absolute Gasteiger partial charge is 0.451 e. The first-order valence-corrected chi connectivity index (χ1v) is 9.25. The molecular formula is C19H16ClN3O3S. The minimum Gasteiger partial charge on any atom is -0.451 e. The van der Waals surface area contributed by atoms with Crippen LogP contribution in [0.3, 0.4) is 0 Å². The molecule has 1 amide bonds. The van der Waals surface area contributed by atoms with Crippen LogP contribution in [0.15, 0.2) is 42.6 Å². The van der Waals surface area contributed by atoms with E-state index < -0.39 is 18.5 Å². The van der Waals surface area contributed by atoms with Gasteiger partial charge in [-0.3, -0.25) is 9.78 Å². The third-order valence-corrected chi connectivity index (χ3v) is 5.22. The molecular weight excluding hydrogens is 386 g/mol. The average Bonchev–Trinajstić information content (AvgIpc) is 3.05. The fraction of sp³-hybridized carbons (Fsp3) is 0.158. The second-order valence-electron chi connectivity index (χ2n) is 5.74. The van der Waals surface area contributed by atoms with Gasteiger partial charge in [-0.25, -0.2) is 9.78 Å². The minimum absolute atomic E-state index is 0.349. The first kappa shape index (κ1) is 19.0. The molecule has 1 aromatic carbocycles. The molecule has 0 radical (unpaired) electrons. The monoisotopic (exact) mass is 401 g/mol. The van der Waals surface area contributed by atoms with Gasteiger partial charge in [0.05, 0.1) is 11.4 Å². The van der Waals surface area contributed by atoms with Gasteiger partial charge in [0.25, 0.3) is 5.91 Å². The number of hydrogen-bond acceptors (Lipinski definition) is 6. The van der Waals surface area contributed by atoms with Crippen LogP contribution in [0.1, 0.15) is 20.9 Å². The number of nitrogens with one attached hydrogen (secondary N) is 1. The number of thiazole rings is 1. The van der Waals surface area contributed by atoms with E-state index in [-0.39, 0.29) is 0 Å². The summed E-state index contributed by atoms with van der Waals surface area (Å²) in [6, 6.07) is 10.6. The van der Waals surface area contributed by atoms with E-state index in [9.17, 15) is 9.59 Å². The smallest absolute Gasteiger partial charge is 0.350 e. The van der Waals surface area contributed by atoms with Crippen molar-refractivity contribution in [2.75, 3.05) is 11.9 Å². The van der Waals surface area contributed by atoms with Gasteiger partial charge in [-0.2, -0.15) is 0 Å². The topological polar surface area (TPSA) is 81.2 Å². The van der Waals surface area contributed by atoms with E-state index in [1.54, 1.807) is 37.4 Å². The number of aryl methyl sites for hydroxylation is 2. The van der Waals surface area contributed by atoms with Crippen molar-refractivity contribution < 1.29 is 14.3 Å². The lowest BCUT2D eigenvalue weighted by molar-refractivity contribution is -0.119. The fourth-order valence-corrected chi connectivity index (χ4v) is 3.37. The Balaban J connectivity index is 1.61. The van der Waals surface area contributed by atoms with E-state index in [1.807, 2.05) is 19.1 Å².